The molecule has 1 aliphatic heterocycles. The van der Waals surface area contributed by atoms with E-state index in [-0.39, 0.29) is 50.4 Å². The van der Waals surface area contributed by atoms with Crippen molar-refractivity contribution in [2.24, 2.45) is 0 Å². The van der Waals surface area contributed by atoms with E-state index in [9.17, 15) is 24.9 Å². The molecule has 1 aromatic heterocycles. The molecule has 0 bridgehead atoms. The van der Waals surface area contributed by atoms with Gasteiger partial charge in [0.1, 0.15) is 39.8 Å². The zero-order valence-electron chi connectivity index (χ0n) is 19.9. The fourth-order valence-corrected chi connectivity index (χ4v) is 5.07. The Kier molecular flexibility index (Phi) is 5.15. The summed E-state index contributed by atoms with van der Waals surface area (Å²) in [4.78, 5) is 26.3. The van der Waals surface area contributed by atoms with Crippen LogP contribution in [-0.2, 0) is 6.42 Å². The lowest BCUT2D eigenvalue weighted by atomic mass is 9.90. The molecule has 2 aliphatic rings. The van der Waals surface area contributed by atoms with Crippen LogP contribution in [0.25, 0.3) is 55.4 Å². The van der Waals surface area contributed by atoms with Gasteiger partial charge in [0.15, 0.2) is 5.43 Å². The molecule has 7 nitrogen and oxygen atoms in total. The molecular formula is C30H22O7. The van der Waals surface area contributed by atoms with Gasteiger partial charge in [0.25, 0.3) is 0 Å². The molecule has 6 rings (SSSR count). The van der Waals surface area contributed by atoms with E-state index < -0.39 is 0 Å². The van der Waals surface area contributed by atoms with E-state index in [1.54, 1.807) is 18.2 Å². The zero-order chi connectivity index (χ0) is 25.8. The molecule has 0 radical (unpaired) electrons. The first-order valence-corrected chi connectivity index (χ1v) is 12.0. The topological polar surface area (TPSA) is 121 Å². The number of hydrogen-bond acceptors (Lipinski definition) is 7. The number of rotatable bonds is 4. The largest absolute Gasteiger partial charge is 0.508 e. The van der Waals surface area contributed by atoms with Crippen molar-refractivity contribution in [2.75, 3.05) is 0 Å². The van der Waals surface area contributed by atoms with Crippen LogP contribution < -0.4 is 10.9 Å². The summed E-state index contributed by atoms with van der Waals surface area (Å²) >= 11 is 0. The second kappa shape index (κ2) is 8.41. The van der Waals surface area contributed by atoms with Crippen LogP contribution >= 0.6 is 0 Å². The van der Waals surface area contributed by atoms with Crippen LogP contribution in [0.5, 0.6) is 17.2 Å². The number of aryl methyl sites for hydroxylation is 1. The summed E-state index contributed by atoms with van der Waals surface area (Å²) < 4.78 is 12.0. The van der Waals surface area contributed by atoms with Crippen LogP contribution in [0.1, 0.15) is 25.3 Å². The Morgan fingerprint density at radius 2 is 1.43 bits per heavy atom. The van der Waals surface area contributed by atoms with Gasteiger partial charge in [-0.15, -0.1) is 0 Å². The van der Waals surface area contributed by atoms with Crippen LogP contribution in [-0.4, -0.2) is 15.3 Å². The zero-order valence-corrected chi connectivity index (χ0v) is 19.9. The molecular weight excluding hydrogens is 472 g/mol. The molecule has 3 N–H and O–H groups in total. The quantitative estimate of drug-likeness (QED) is 0.246. The standard InChI is InChI=1S/C30H22O7/c1-2-3-4-15-9-18(33)13-25-27(15)30(35)29-22(10-19(34)14-26(29)37-25)28-20-7-5-16(31)11-23(20)36-24-12-17(32)6-8-21(24)28/h5-14,31,33-34H,2-4H2,1H3. The minimum Gasteiger partial charge on any atom is -0.508 e. The van der Waals surface area contributed by atoms with Crippen molar-refractivity contribution >= 4 is 32.9 Å². The van der Waals surface area contributed by atoms with Crippen molar-refractivity contribution in [3.8, 4) is 39.7 Å². The molecule has 2 heterocycles. The molecule has 0 unspecified atom stereocenters. The summed E-state index contributed by atoms with van der Waals surface area (Å²) in [6.45, 7) is 2.05. The number of phenols is 3. The first-order valence-electron chi connectivity index (χ1n) is 12.0. The van der Waals surface area contributed by atoms with Gasteiger partial charge in [-0.1, -0.05) is 13.3 Å². The number of hydrogen-bond donors (Lipinski definition) is 3. The summed E-state index contributed by atoms with van der Waals surface area (Å²) in [6.07, 6.45) is 2.33. The Balaban J connectivity index is 1.81. The van der Waals surface area contributed by atoms with E-state index >= 15 is 0 Å². The normalized spacial score (nSPS) is 11.7. The fourth-order valence-electron chi connectivity index (χ4n) is 5.07. The molecule has 0 spiro atoms. The van der Waals surface area contributed by atoms with E-state index in [1.165, 1.54) is 42.5 Å². The Morgan fingerprint density at radius 3 is 2.22 bits per heavy atom. The van der Waals surface area contributed by atoms with Crippen LogP contribution in [0.2, 0.25) is 0 Å². The number of benzene rings is 4. The maximum absolute atomic E-state index is 14.1. The average molecular weight is 494 g/mol. The SMILES string of the molecule is CCCCc1cc(O)cc2oc3cc(O)cc(-c4c5ccc(=O)cc-5oc5cc(O)ccc45)c3c(=O)c12. The molecule has 0 amide bonds. The van der Waals surface area contributed by atoms with Crippen molar-refractivity contribution in [1.82, 2.24) is 0 Å². The molecule has 4 aromatic rings. The van der Waals surface area contributed by atoms with Gasteiger partial charge in [-0.3, -0.25) is 9.59 Å². The molecule has 7 heteroatoms. The third-order valence-corrected chi connectivity index (χ3v) is 6.68. The Labute approximate surface area is 209 Å². The Morgan fingerprint density at radius 1 is 0.703 bits per heavy atom. The van der Waals surface area contributed by atoms with Crippen molar-refractivity contribution in [3.05, 3.63) is 86.7 Å². The Hall–Kier alpha value is -4.78. The second-order valence-corrected chi connectivity index (χ2v) is 9.19. The average Bonchev–Trinajstić information content (AvgIpc) is 2.84. The molecule has 0 saturated heterocycles. The van der Waals surface area contributed by atoms with Gasteiger partial charge in [0.05, 0.1) is 10.8 Å². The highest BCUT2D eigenvalue weighted by Crippen LogP contribution is 2.44. The van der Waals surface area contributed by atoms with Gasteiger partial charge >= 0.3 is 0 Å². The lowest BCUT2D eigenvalue weighted by Crippen LogP contribution is -2.08. The monoisotopic (exact) mass is 494 g/mol. The third-order valence-electron chi connectivity index (χ3n) is 6.68. The first kappa shape index (κ1) is 22.7. The summed E-state index contributed by atoms with van der Waals surface area (Å²) in [7, 11) is 0. The lowest BCUT2D eigenvalue weighted by Gasteiger charge is -2.17. The van der Waals surface area contributed by atoms with Crippen LogP contribution in [0.4, 0.5) is 0 Å². The number of aromatic hydroxyl groups is 3. The third kappa shape index (κ3) is 3.67. The molecule has 3 aromatic carbocycles. The summed E-state index contributed by atoms with van der Waals surface area (Å²) in [6, 6.07) is 14.8. The fraction of sp³-hybridized carbons (Fsp3) is 0.133. The van der Waals surface area contributed by atoms with Gasteiger partial charge < -0.3 is 24.2 Å². The van der Waals surface area contributed by atoms with E-state index in [1.807, 2.05) is 6.92 Å². The minimum atomic E-state index is -0.293. The lowest BCUT2D eigenvalue weighted by molar-refractivity contribution is 0.472. The predicted octanol–water partition coefficient (Wildman–Crippen LogP) is 6.28. The van der Waals surface area contributed by atoms with Crippen LogP contribution in [0.3, 0.4) is 0 Å². The number of fused-ring (bicyclic) bond motifs is 4. The van der Waals surface area contributed by atoms with Gasteiger partial charge in [0, 0.05) is 46.3 Å². The summed E-state index contributed by atoms with van der Waals surface area (Å²) in [5, 5.41) is 32.2. The van der Waals surface area contributed by atoms with Crippen LogP contribution in [0, 0.1) is 0 Å². The molecule has 0 atom stereocenters. The number of phenolic OH excluding ortho intramolecular Hbond substituents is 3. The molecule has 0 saturated carbocycles. The summed E-state index contributed by atoms with van der Waals surface area (Å²) in [5.74, 6) is 0.122. The van der Waals surface area contributed by atoms with Gasteiger partial charge in [-0.25, -0.2) is 0 Å². The molecule has 0 fully saturated rings. The second-order valence-electron chi connectivity index (χ2n) is 9.19. The van der Waals surface area contributed by atoms with Crippen molar-refractivity contribution in [2.45, 2.75) is 26.2 Å². The first-order chi connectivity index (χ1) is 17.8. The minimum absolute atomic E-state index is 0.00337. The Bertz CT molecular complexity index is 1950. The van der Waals surface area contributed by atoms with E-state index in [4.69, 9.17) is 8.83 Å². The van der Waals surface area contributed by atoms with Crippen molar-refractivity contribution in [3.63, 3.8) is 0 Å². The van der Waals surface area contributed by atoms with E-state index in [2.05, 4.69) is 0 Å². The van der Waals surface area contributed by atoms with Gasteiger partial charge in [-0.05, 0) is 54.8 Å². The number of unbranched alkanes of at least 4 members (excludes halogenated alkanes) is 1. The molecule has 1 aliphatic carbocycles. The van der Waals surface area contributed by atoms with Gasteiger partial charge in [-0.2, -0.15) is 0 Å². The van der Waals surface area contributed by atoms with E-state index in [0.717, 1.165) is 12.8 Å². The highest BCUT2D eigenvalue weighted by atomic mass is 16.3. The van der Waals surface area contributed by atoms with Crippen LogP contribution in [0.15, 0.2) is 79.1 Å². The predicted molar refractivity (Wildman–Crippen MR) is 142 cm³/mol. The highest BCUT2D eigenvalue weighted by Gasteiger charge is 2.23. The van der Waals surface area contributed by atoms with E-state index in [0.29, 0.717) is 45.0 Å². The van der Waals surface area contributed by atoms with Crippen molar-refractivity contribution in [1.29, 1.82) is 0 Å². The smallest absolute Gasteiger partial charge is 0.201 e. The summed E-state index contributed by atoms with van der Waals surface area (Å²) in [5.41, 5.74) is 2.34. The van der Waals surface area contributed by atoms with Crippen molar-refractivity contribution < 1.29 is 24.2 Å². The maximum Gasteiger partial charge on any atom is 0.201 e. The highest BCUT2D eigenvalue weighted by molar-refractivity contribution is 6.10. The maximum atomic E-state index is 14.1. The molecule has 184 valence electrons. The molecule has 37 heavy (non-hydrogen) atoms. The van der Waals surface area contributed by atoms with Gasteiger partial charge in [0.2, 0.25) is 5.43 Å².